The van der Waals surface area contributed by atoms with Crippen molar-refractivity contribution in [1.82, 2.24) is 9.80 Å². The van der Waals surface area contributed by atoms with Crippen LogP contribution in [0.25, 0.3) is 0 Å². The molecule has 0 aliphatic carbocycles. The Morgan fingerprint density at radius 3 is 2.43 bits per heavy atom. The quantitative estimate of drug-likeness (QED) is 0.634. The van der Waals surface area contributed by atoms with Crippen LogP contribution < -0.4 is 0 Å². The molecule has 1 saturated heterocycles. The van der Waals surface area contributed by atoms with Gasteiger partial charge >= 0.3 is 0 Å². The summed E-state index contributed by atoms with van der Waals surface area (Å²) in [5, 5.41) is 8.57. The first-order valence-corrected chi connectivity index (χ1v) is 5.61. The Balaban J connectivity index is 2.25. The molecule has 1 aliphatic rings. The highest BCUT2D eigenvalue weighted by atomic mass is 15.3. The summed E-state index contributed by atoms with van der Waals surface area (Å²) in [5.74, 6) is 0. The van der Waals surface area contributed by atoms with Crippen LogP contribution in [0.4, 0.5) is 0 Å². The maximum Gasteiger partial charge on any atom is 0.0866 e. The summed E-state index contributed by atoms with van der Waals surface area (Å²) >= 11 is 0. The Bertz CT molecular complexity index is 189. The third-order valence-corrected chi connectivity index (χ3v) is 3.03. The van der Waals surface area contributed by atoms with Gasteiger partial charge in [-0.3, -0.25) is 9.80 Å². The summed E-state index contributed by atoms with van der Waals surface area (Å²) in [5.41, 5.74) is 0. The summed E-state index contributed by atoms with van der Waals surface area (Å²) in [4.78, 5) is 4.77. The Kier molecular flexibility index (Phi) is 4.92. The first-order chi connectivity index (χ1) is 6.77. The van der Waals surface area contributed by atoms with E-state index in [-0.39, 0.29) is 0 Å². The van der Waals surface area contributed by atoms with E-state index in [4.69, 9.17) is 5.26 Å². The Labute approximate surface area is 87.3 Å². The van der Waals surface area contributed by atoms with Crippen molar-refractivity contribution in [1.29, 1.82) is 5.26 Å². The van der Waals surface area contributed by atoms with Gasteiger partial charge in [-0.2, -0.15) is 5.26 Å². The van der Waals surface area contributed by atoms with Gasteiger partial charge in [-0.1, -0.05) is 13.3 Å². The van der Waals surface area contributed by atoms with Crippen molar-refractivity contribution in [2.45, 2.75) is 32.7 Å². The van der Waals surface area contributed by atoms with Gasteiger partial charge in [0.25, 0.3) is 0 Å². The predicted octanol–water partition coefficient (Wildman–Crippen LogP) is 1.32. The van der Waals surface area contributed by atoms with E-state index in [2.05, 4.69) is 29.7 Å². The lowest BCUT2D eigenvalue weighted by Gasteiger charge is -2.37. The number of nitrogens with zero attached hydrogens (tertiary/aromatic N) is 3. The van der Waals surface area contributed by atoms with Crippen molar-refractivity contribution in [3.05, 3.63) is 0 Å². The fourth-order valence-electron chi connectivity index (χ4n) is 2.06. The zero-order valence-corrected chi connectivity index (χ0v) is 9.37. The van der Waals surface area contributed by atoms with Crippen LogP contribution in [0.2, 0.25) is 0 Å². The lowest BCUT2D eigenvalue weighted by atomic mass is 10.1. The number of rotatable bonds is 4. The Morgan fingerprint density at radius 2 is 1.93 bits per heavy atom. The van der Waals surface area contributed by atoms with Gasteiger partial charge in [0.05, 0.1) is 12.6 Å². The van der Waals surface area contributed by atoms with E-state index < -0.39 is 0 Å². The van der Waals surface area contributed by atoms with E-state index in [1.54, 1.807) is 0 Å². The van der Waals surface area contributed by atoms with Gasteiger partial charge in [-0.25, -0.2) is 0 Å². The van der Waals surface area contributed by atoms with Gasteiger partial charge in [-0.05, 0) is 13.3 Å². The fraction of sp³-hybridized carbons (Fsp3) is 0.909. The lowest BCUT2D eigenvalue weighted by molar-refractivity contribution is 0.107. The summed E-state index contributed by atoms with van der Waals surface area (Å²) in [7, 11) is 0. The van der Waals surface area contributed by atoms with Crippen LogP contribution in [0.5, 0.6) is 0 Å². The molecule has 0 aromatic carbocycles. The van der Waals surface area contributed by atoms with Crippen LogP contribution >= 0.6 is 0 Å². The largest absolute Gasteiger partial charge is 0.298 e. The molecule has 0 aromatic rings. The molecule has 3 nitrogen and oxygen atoms in total. The molecule has 1 aliphatic heterocycles. The first kappa shape index (κ1) is 11.5. The molecule has 3 heteroatoms. The maximum absolute atomic E-state index is 8.57. The van der Waals surface area contributed by atoms with E-state index in [1.807, 2.05) is 0 Å². The van der Waals surface area contributed by atoms with Crippen LogP contribution in [-0.4, -0.2) is 48.6 Å². The molecule has 1 atom stereocenters. The Morgan fingerprint density at radius 1 is 1.29 bits per heavy atom. The molecule has 0 N–H and O–H groups in total. The molecule has 0 aromatic heterocycles. The zero-order valence-electron chi connectivity index (χ0n) is 9.37. The second-order valence-corrected chi connectivity index (χ2v) is 4.11. The SMILES string of the molecule is CCCC(C)N1CCN(CC#N)CC1. The maximum atomic E-state index is 8.57. The van der Waals surface area contributed by atoms with Crippen LogP contribution in [0, 0.1) is 11.3 Å². The molecule has 0 radical (unpaired) electrons. The van der Waals surface area contributed by atoms with Crippen LogP contribution in [-0.2, 0) is 0 Å². The molecular weight excluding hydrogens is 174 g/mol. The molecule has 0 spiro atoms. The molecule has 0 amide bonds. The highest BCUT2D eigenvalue weighted by molar-refractivity contribution is 4.82. The van der Waals surface area contributed by atoms with Crippen molar-refractivity contribution in [2.75, 3.05) is 32.7 Å². The third kappa shape index (κ3) is 3.28. The van der Waals surface area contributed by atoms with E-state index in [9.17, 15) is 0 Å². The molecular formula is C11H21N3. The van der Waals surface area contributed by atoms with Gasteiger partial charge in [0.2, 0.25) is 0 Å². The topological polar surface area (TPSA) is 30.3 Å². The number of hydrogen-bond acceptors (Lipinski definition) is 3. The van der Waals surface area contributed by atoms with E-state index >= 15 is 0 Å². The van der Waals surface area contributed by atoms with Crippen molar-refractivity contribution in [2.24, 2.45) is 0 Å². The van der Waals surface area contributed by atoms with Crippen molar-refractivity contribution in [3.63, 3.8) is 0 Å². The third-order valence-electron chi connectivity index (χ3n) is 3.03. The molecule has 0 saturated carbocycles. The van der Waals surface area contributed by atoms with Crippen LogP contribution in [0.15, 0.2) is 0 Å². The highest BCUT2D eigenvalue weighted by Gasteiger charge is 2.19. The summed E-state index contributed by atoms with van der Waals surface area (Å²) < 4.78 is 0. The average molecular weight is 195 g/mol. The standard InChI is InChI=1S/C11H21N3/c1-3-4-11(2)14-9-7-13(6-5-12)8-10-14/h11H,3-4,6-10H2,1-2H3. The smallest absolute Gasteiger partial charge is 0.0866 e. The van der Waals surface area contributed by atoms with Gasteiger partial charge in [-0.15, -0.1) is 0 Å². The van der Waals surface area contributed by atoms with Crippen molar-refractivity contribution < 1.29 is 0 Å². The van der Waals surface area contributed by atoms with Crippen molar-refractivity contribution >= 4 is 0 Å². The molecule has 14 heavy (non-hydrogen) atoms. The van der Waals surface area contributed by atoms with Gasteiger partial charge in [0, 0.05) is 32.2 Å². The van der Waals surface area contributed by atoms with Crippen LogP contribution in [0.1, 0.15) is 26.7 Å². The summed E-state index contributed by atoms with van der Waals surface area (Å²) in [6, 6.07) is 2.93. The monoisotopic (exact) mass is 195 g/mol. The first-order valence-electron chi connectivity index (χ1n) is 5.61. The van der Waals surface area contributed by atoms with Gasteiger partial charge in [0.1, 0.15) is 0 Å². The molecule has 1 unspecified atom stereocenters. The molecule has 1 rings (SSSR count). The predicted molar refractivity (Wildman–Crippen MR) is 58.0 cm³/mol. The van der Waals surface area contributed by atoms with E-state index in [0.717, 1.165) is 26.2 Å². The molecule has 80 valence electrons. The summed E-state index contributed by atoms with van der Waals surface area (Å²) in [6.07, 6.45) is 2.55. The number of hydrogen-bond donors (Lipinski definition) is 0. The van der Waals surface area contributed by atoms with Gasteiger partial charge < -0.3 is 0 Å². The molecule has 1 fully saturated rings. The average Bonchev–Trinajstić information content (AvgIpc) is 2.20. The number of piperazine rings is 1. The van der Waals surface area contributed by atoms with Crippen LogP contribution in [0.3, 0.4) is 0 Å². The fourth-order valence-corrected chi connectivity index (χ4v) is 2.06. The molecule has 1 heterocycles. The minimum absolute atomic E-state index is 0.593. The minimum atomic E-state index is 0.593. The van der Waals surface area contributed by atoms with Gasteiger partial charge in [0.15, 0.2) is 0 Å². The Hall–Kier alpha value is -0.590. The summed E-state index contributed by atoms with van der Waals surface area (Å²) in [6.45, 7) is 9.51. The highest BCUT2D eigenvalue weighted by Crippen LogP contribution is 2.09. The van der Waals surface area contributed by atoms with Crippen molar-refractivity contribution in [3.8, 4) is 6.07 Å². The van der Waals surface area contributed by atoms with E-state index in [0.29, 0.717) is 12.6 Å². The second kappa shape index (κ2) is 6.00. The lowest BCUT2D eigenvalue weighted by Crippen LogP contribution is -2.49. The normalized spacial score (nSPS) is 21.8. The minimum Gasteiger partial charge on any atom is -0.298 e. The van der Waals surface area contributed by atoms with E-state index in [1.165, 1.54) is 12.8 Å². The molecule has 0 bridgehead atoms. The second-order valence-electron chi connectivity index (χ2n) is 4.11. The number of nitriles is 1. The zero-order chi connectivity index (χ0) is 10.4.